The monoisotopic (exact) mass is 516 g/mol. The van der Waals surface area contributed by atoms with Crippen LogP contribution in [0, 0.1) is 0 Å². The maximum Gasteiger partial charge on any atom is 0.419 e. The van der Waals surface area contributed by atoms with Gasteiger partial charge in [-0.1, -0.05) is 48.5 Å². The minimum absolute atomic E-state index is 0.190. The largest absolute Gasteiger partial charge is 0.492 e. The first-order valence-corrected chi connectivity index (χ1v) is 11.7. The van der Waals surface area contributed by atoms with Crippen molar-refractivity contribution >= 4 is 0 Å². The van der Waals surface area contributed by atoms with Crippen LogP contribution in [0.3, 0.4) is 0 Å². The molecule has 0 saturated heterocycles. The van der Waals surface area contributed by atoms with Crippen molar-refractivity contribution in [3.63, 3.8) is 0 Å². The Morgan fingerprint density at radius 2 is 0.895 bits per heavy atom. The van der Waals surface area contributed by atoms with Gasteiger partial charge in [-0.2, -0.15) is 0 Å². The van der Waals surface area contributed by atoms with Gasteiger partial charge in [-0.3, -0.25) is 9.97 Å². The molecule has 194 valence electrons. The third kappa shape index (κ3) is 6.16. The van der Waals surface area contributed by atoms with Crippen molar-refractivity contribution in [1.82, 2.24) is 9.97 Å². The van der Waals surface area contributed by atoms with E-state index in [-0.39, 0.29) is 36.1 Å². The number of aromatic hydroxyl groups is 2. The molecule has 0 saturated carbocycles. The molecule has 0 aliphatic rings. The van der Waals surface area contributed by atoms with Crippen molar-refractivity contribution in [3.05, 3.63) is 128 Å². The molecule has 2 aromatic heterocycles. The Bertz CT molecular complexity index is 1490. The number of rotatable bonds is 10. The van der Waals surface area contributed by atoms with Gasteiger partial charge in [-0.25, -0.2) is 9.59 Å². The van der Waals surface area contributed by atoms with Crippen LogP contribution in [0.5, 0.6) is 23.3 Å². The maximum absolute atomic E-state index is 11.1. The summed E-state index contributed by atoms with van der Waals surface area (Å²) in [7, 11) is 0. The number of nitrogens with one attached hydrogen (secondary N) is 2. The van der Waals surface area contributed by atoms with Gasteiger partial charge in [0.05, 0.1) is 0 Å². The first-order valence-electron chi connectivity index (χ1n) is 11.7. The summed E-state index contributed by atoms with van der Waals surface area (Å²) >= 11 is 0. The molecular formula is C28H24N2O8. The molecule has 38 heavy (non-hydrogen) atoms. The molecule has 0 radical (unpaired) electrons. The van der Waals surface area contributed by atoms with Crippen LogP contribution in [0.1, 0.15) is 33.8 Å². The lowest BCUT2D eigenvalue weighted by molar-refractivity contribution is 0.302. The van der Waals surface area contributed by atoms with Crippen LogP contribution >= 0.6 is 0 Å². The molecule has 0 spiro atoms. The van der Waals surface area contributed by atoms with E-state index in [1.807, 2.05) is 72.8 Å². The zero-order valence-electron chi connectivity index (χ0n) is 20.1. The quantitative estimate of drug-likeness (QED) is 0.217. The topological polar surface area (TPSA) is 151 Å². The first-order chi connectivity index (χ1) is 18.4. The van der Waals surface area contributed by atoms with Crippen LogP contribution in [-0.2, 0) is 26.1 Å². The molecule has 0 aliphatic carbocycles. The van der Waals surface area contributed by atoms with Crippen molar-refractivity contribution < 1.29 is 28.5 Å². The number of H-pyrrole nitrogens is 2. The van der Waals surface area contributed by atoms with Crippen molar-refractivity contribution in [2.45, 2.75) is 26.1 Å². The summed E-state index contributed by atoms with van der Waals surface area (Å²) in [6, 6.07) is 22.6. The standard InChI is InChI=1S/C28H24N2O8/c31-25-23(37-27(33)29-25)13-17-5-9-21(10-6-17)35-15-19-1-2-20(4-3-19)16-36-22-11-7-18(8-12-22)14-24-26(32)30-28(34)38-24/h1-12,31-32H,13-16H2,(H,29,33)(H,30,34). The zero-order valence-corrected chi connectivity index (χ0v) is 20.1. The van der Waals surface area contributed by atoms with Gasteiger partial charge in [0.15, 0.2) is 11.5 Å². The van der Waals surface area contributed by atoms with Crippen molar-refractivity contribution in [2.75, 3.05) is 0 Å². The fourth-order valence-corrected chi connectivity index (χ4v) is 3.79. The molecule has 5 rings (SSSR count). The van der Waals surface area contributed by atoms with Crippen molar-refractivity contribution in [2.24, 2.45) is 0 Å². The Labute approximate surface area is 215 Å². The van der Waals surface area contributed by atoms with E-state index in [4.69, 9.17) is 18.3 Å². The molecule has 0 unspecified atom stereocenters. The molecular weight excluding hydrogens is 492 g/mol. The van der Waals surface area contributed by atoms with E-state index in [0.29, 0.717) is 24.7 Å². The Kier molecular flexibility index (Phi) is 7.03. The molecule has 2 heterocycles. The summed E-state index contributed by atoms with van der Waals surface area (Å²) in [5, 5.41) is 19.3. The van der Waals surface area contributed by atoms with Gasteiger partial charge in [0, 0.05) is 12.8 Å². The fraction of sp³-hybridized carbons (Fsp3) is 0.143. The maximum atomic E-state index is 11.1. The third-order valence-electron chi connectivity index (χ3n) is 5.81. The molecule has 5 aromatic rings. The van der Waals surface area contributed by atoms with E-state index >= 15 is 0 Å². The number of benzene rings is 3. The van der Waals surface area contributed by atoms with Gasteiger partial charge < -0.3 is 28.5 Å². The summed E-state index contributed by atoms with van der Waals surface area (Å²) in [5.74, 6) is -0.127. The minimum Gasteiger partial charge on any atom is -0.492 e. The number of hydrogen-bond donors (Lipinski definition) is 4. The van der Waals surface area contributed by atoms with E-state index in [0.717, 1.165) is 22.3 Å². The average molecular weight is 517 g/mol. The fourth-order valence-electron chi connectivity index (χ4n) is 3.79. The SMILES string of the molecule is O=c1[nH]c(O)c(Cc2ccc(OCc3ccc(COc4ccc(Cc5oc(=O)[nH]c5O)cc4)cc3)cc2)o1. The second-order valence-corrected chi connectivity index (χ2v) is 8.61. The van der Waals surface area contributed by atoms with E-state index in [1.54, 1.807) is 0 Å². The Morgan fingerprint density at radius 3 is 1.21 bits per heavy atom. The van der Waals surface area contributed by atoms with Gasteiger partial charge in [0.2, 0.25) is 11.8 Å². The zero-order chi connectivity index (χ0) is 26.5. The summed E-state index contributed by atoms with van der Waals surface area (Å²) < 4.78 is 21.5. The molecule has 0 amide bonds. The number of hydrogen-bond acceptors (Lipinski definition) is 8. The molecule has 0 fully saturated rings. The van der Waals surface area contributed by atoms with E-state index < -0.39 is 11.5 Å². The highest BCUT2D eigenvalue weighted by molar-refractivity contribution is 5.33. The van der Waals surface area contributed by atoms with Crippen LogP contribution in [0.4, 0.5) is 0 Å². The summed E-state index contributed by atoms with van der Waals surface area (Å²) in [5.41, 5.74) is 3.73. The van der Waals surface area contributed by atoms with Crippen LogP contribution in [-0.4, -0.2) is 20.2 Å². The summed E-state index contributed by atoms with van der Waals surface area (Å²) in [4.78, 5) is 26.7. The smallest absolute Gasteiger partial charge is 0.419 e. The lowest BCUT2D eigenvalue weighted by Crippen LogP contribution is -1.98. The van der Waals surface area contributed by atoms with Crippen LogP contribution < -0.4 is 21.0 Å². The lowest BCUT2D eigenvalue weighted by atomic mass is 10.1. The molecule has 4 N–H and O–H groups in total. The summed E-state index contributed by atoms with van der Waals surface area (Å²) in [6.45, 7) is 0.790. The van der Waals surface area contributed by atoms with Crippen molar-refractivity contribution in [3.8, 4) is 23.3 Å². The highest BCUT2D eigenvalue weighted by atomic mass is 16.5. The second-order valence-electron chi connectivity index (χ2n) is 8.61. The van der Waals surface area contributed by atoms with E-state index in [1.165, 1.54) is 0 Å². The van der Waals surface area contributed by atoms with Crippen LogP contribution in [0.15, 0.2) is 91.2 Å². The Balaban J connectivity index is 1.08. The number of aromatic nitrogens is 2. The highest BCUT2D eigenvalue weighted by Crippen LogP contribution is 2.21. The van der Waals surface area contributed by atoms with Gasteiger partial charge in [0.1, 0.15) is 24.7 Å². The van der Waals surface area contributed by atoms with Gasteiger partial charge in [0.25, 0.3) is 0 Å². The van der Waals surface area contributed by atoms with Crippen LogP contribution in [0.2, 0.25) is 0 Å². The molecule has 3 aromatic carbocycles. The third-order valence-corrected chi connectivity index (χ3v) is 5.81. The molecule has 10 nitrogen and oxygen atoms in total. The Morgan fingerprint density at radius 1 is 0.553 bits per heavy atom. The predicted octanol–water partition coefficient (Wildman–Crippen LogP) is 4.00. The van der Waals surface area contributed by atoms with Crippen molar-refractivity contribution in [1.29, 1.82) is 0 Å². The van der Waals surface area contributed by atoms with Gasteiger partial charge >= 0.3 is 11.5 Å². The highest BCUT2D eigenvalue weighted by Gasteiger charge is 2.11. The molecule has 0 aliphatic heterocycles. The van der Waals surface area contributed by atoms with Gasteiger partial charge in [-0.15, -0.1) is 0 Å². The van der Waals surface area contributed by atoms with E-state index in [2.05, 4.69) is 9.97 Å². The lowest BCUT2D eigenvalue weighted by Gasteiger charge is -2.09. The van der Waals surface area contributed by atoms with Crippen LogP contribution in [0.25, 0.3) is 0 Å². The predicted molar refractivity (Wildman–Crippen MR) is 136 cm³/mol. The minimum atomic E-state index is -0.686. The average Bonchev–Trinajstić information content (AvgIpc) is 3.41. The number of ether oxygens (including phenoxy) is 2. The van der Waals surface area contributed by atoms with Gasteiger partial charge in [-0.05, 0) is 46.5 Å². The number of aromatic amines is 2. The van der Waals surface area contributed by atoms with E-state index in [9.17, 15) is 19.8 Å². The Hall–Kier alpha value is -5.12. The number of oxazole rings is 2. The molecule has 10 heteroatoms. The second kappa shape index (κ2) is 10.9. The normalized spacial score (nSPS) is 10.9. The first kappa shape index (κ1) is 24.6. The molecule has 0 atom stereocenters. The summed E-state index contributed by atoms with van der Waals surface area (Å²) in [6.07, 6.45) is 0.576. The molecule has 0 bridgehead atoms.